The van der Waals surface area contributed by atoms with E-state index in [2.05, 4.69) is 10.0 Å². The van der Waals surface area contributed by atoms with E-state index >= 15 is 0 Å². The molecule has 0 saturated carbocycles. The van der Waals surface area contributed by atoms with Crippen LogP contribution >= 0.6 is 0 Å². The number of nitrogens with one attached hydrogen (secondary N) is 2. The van der Waals surface area contributed by atoms with Crippen molar-refractivity contribution in [3.8, 4) is 0 Å². The molecular weight excluding hydrogens is 389 g/mol. The van der Waals surface area contributed by atoms with Gasteiger partial charge in [-0.15, -0.1) is 0 Å². The van der Waals surface area contributed by atoms with Gasteiger partial charge in [-0.3, -0.25) is 19.6 Å². The summed E-state index contributed by atoms with van der Waals surface area (Å²) in [6.07, 6.45) is 0. The normalized spacial score (nSPS) is 11.3. The number of hydrogen-bond donors (Lipinski definition) is 2. The summed E-state index contributed by atoms with van der Waals surface area (Å²) in [5.74, 6) is -1.44. The molecule has 8 nitrogen and oxygen atoms in total. The Morgan fingerprint density at radius 2 is 1.89 bits per heavy atom. The van der Waals surface area contributed by atoms with E-state index < -0.39 is 37.3 Å². The van der Waals surface area contributed by atoms with E-state index in [0.717, 1.165) is 6.07 Å². The van der Waals surface area contributed by atoms with Gasteiger partial charge < -0.3 is 5.32 Å². The Labute approximate surface area is 162 Å². The highest BCUT2D eigenvalue weighted by molar-refractivity contribution is 7.92. The number of hydrogen-bond acceptors (Lipinski definition) is 5. The standard InChI is InChI=1S/C18H20FN3O5S/c1-11(2)10-20-18(23)13-6-4-5-7-15(13)21-28(26,27)17-9-16(22(24)25)12(3)8-14(17)19/h4-9,11,21H,10H2,1-3H3,(H,20,23). The number of rotatable bonds is 7. The number of aryl methyl sites for hydroxylation is 1. The minimum Gasteiger partial charge on any atom is -0.352 e. The molecule has 2 aromatic rings. The average molecular weight is 409 g/mol. The van der Waals surface area contributed by atoms with Gasteiger partial charge in [0.2, 0.25) is 0 Å². The third kappa shape index (κ3) is 4.83. The van der Waals surface area contributed by atoms with E-state index in [9.17, 15) is 27.7 Å². The highest BCUT2D eigenvalue weighted by Gasteiger charge is 2.26. The number of para-hydroxylation sites is 1. The van der Waals surface area contributed by atoms with Gasteiger partial charge in [-0.1, -0.05) is 26.0 Å². The summed E-state index contributed by atoms with van der Waals surface area (Å²) >= 11 is 0. The lowest BCUT2D eigenvalue weighted by Gasteiger charge is -2.14. The van der Waals surface area contributed by atoms with Gasteiger partial charge in [0.25, 0.3) is 21.6 Å². The lowest BCUT2D eigenvalue weighted by molar-refractivity contribution is -0.385. The van der Waals surface area contributed by atoms with Gasteiger partial charge in [-0.2, -0.15) is 0 Å². The van der Waals surface area contributed by atoms with Crippen molar-refractivity contribution in [3.63, 3.8) is 0 Å². The van der Waals surface area contributed by atoms with Gasteiger partial charge in [0, 0.05) is 18.2 Å². The van der Waals surface area contributed by atoms with Crippen LogP contribution in [0.5, 0.6) is 0 Å². The number of nitro groups is 1. The van der Waals surface area contributed by atoms with E-state index in [4.69, 9.17) is 0 Å². The molecule has 2 N–H and O–H groups in total. The SMILES string of the molecule is Cc1cc(F)c(S(=O)(=O)Nc2ccccc2C(=O)NCC(C)C)cc1[N+](=O)[O-]. The fourth-order valence-corrected chi connectivity index (χ4v) is 3.57. The number of nitrogens with zero attached hydrogens (tertiary/aromatic N) is 1. The molecule has 150 valence electrons. The number of sulfonamides is 1. The molecule has 10 heteroatoms. The molecule has 1 amide bonds. The van der Waals surface area contributed by atoms with Gasteiger partial charge in [0.1, 0.15) is 10.7 Å². The van der Waals surface area contributed by atoms with Crippen LogP contribution in [0, 0.1) is 28.8 Å². The molecule has 0 aliphatic heterocycles. The summed E-state index contributed by atoms with van der Waals surface area (Å²) in [6.45, 7) is 5.50. The first-order valence-electron chi connectivity index (χ1n) is 8.37. The Morgan fingerprint density at radius 1 is 1.25 bits per heavy atom. The van der Waals surface area contributed by atoms with Crippen molar-refractivity contribution in [2.45, 2.75) is 25.7 Å². The maximum absolute atomic E-state index is 14.2. The van der Waals surface area contributed by atoms with E-state index in [1.165, 1.54) is 25.1 Å². The Hall–Kier alpha value is -3.01. The number of anilines is 1. The van der Waals surface area contributed by atoms with E-state index in [-0.39, 0.29) is 22.7 Å². The van der Waals surface area contributed by atoms with Crippen LogP contribution in [-0.2, 0) is 10.0 Å². The molecule has 2 rings (SSSR count). The van der Waals surface area contributed by atoms with Gasteiger partial charge in [-0.05, 0) is 31.0 Å². The second-order valence-corrected chi connectivity index (χ2v) is 8.23. The summed E-state index contributed by atoms with van der Waals surface area (Å²) in [5, 5.41) is 13.7. The van der Waals surface area contributed by atoms with Crippen LogP contribution < -0.4 is 10.0 Å². The second-order valence-electron chi connectivity index (χ2n) is 6.58. The molecule has 0 spiro atoms. The molecule has 0 radical (unpaired) electrons. The fraction of sp³-hybridized carbons (Fsp3) is 0.278. The number of nitro benzene ring substituents is 1. The maximum Gasteiger partial charge on any atom is 0.273 e. The quantitative estimate of drug-likeness (QED) is 0.538. The molecule has 0 bridgehead atoms. The maximum atomic E-state index is 14.2. The molecule has 0 aliphatic carbocycles. The molecule has 2 aromatic carbocycles. The summed E-state index contributed by atoms with van der Waals surface area (Å²) in [6, 6.07) is 7.27. The van der Waals surface area contributed by atoms with Crippen molar-refractivity contribution in [2.24, 2.45) is 5.92 Å². The van der Waals surface area contributed by atoms with Crippen LogP contribution in [0.15, 0.2) is 41.3 Å². The molecule has 0 aromatic heterocycles. The van der Waals surface area contributed by atoms with Crippen molar-refractivity contribution in [2.75, 3.05) is 11.3 Å². The zero-order valence-corrected chi connectivity index (χ0v) is 16.3. The molecule has 0 saturated heterocycles. The number of carbonyl (C=O) groups is 1. The molecule has 0 atom stereocenters. The number of benzene rings is 2. The van der Waals surface area contributed by atoms with Crippen LogP contribution in [0.4, 0.5) is 15.8 Å². The van der Waals surface area contributed by atoms with Crippen molar-refractivity contribution in [1.82, 2.24) is 5.32 Å². The van der Waals surface area contributed by atoms with Gasteiger partial charge in [0.15, 0.2) is 0 Å². The number of halogens is 1. The minimum atomic E-state index is -4.51. The predicted molar refractivity (Wildman–Crippen MR) is 102 cm³/mol. The Morgan fingerprint density at radius 3 is 2.50 bits per heavy atom. The summed E-state index contributed by atoms with van der Waals surface area (Å²) in [7, 11) is -4.51. The summed E-state index contributed by atoms with van der Waals surface area (Å²) < 4.78 is 41.7. The molecule has 28 heavy (non-hydrogen) atoms. The van der Waals surface area contributed by atoms with E-state index in [0.29, 0.717) is 12.6 Å². The minimum absolute atomic E-state index is 0.00471. The number of carbonyl (C=O) groups excluding carboxylic acids is 1. The third-order valence-corrected chi connectivity index (χ3v) is 5.20. The number of amides is 1. The smallest absolute Gasteiger partial charge is 0.273 e. The topological polar surface area (TPSA) is 118 Å². The lowest BCUT2D eigenvalue weighted by Crippen LogP contribution is -2.28. The van der Waals surface area contributed by atoms with Crippen molar-refractivity contribution >= 4 is 27.3 Å². The predicted octanol–water partition coefficient (Wildman–Crippen LogP) is 3.23. The zero-order valence-electron chi connectivity index (χ0n) is 15.5. The Balaban J connectivity index is 2.42. The molecule has 0 heterocycles. The summed E-state index contributed by atoms with van der Waals surface area (Å²) in [4.78, 5) is 21.7. The van der Waals surface area contributed by atoms with Crippen LogP contribution in [0.25, 0.3) is 0 Å². The first-order valence-corrected chi connectivity index (χ1v) is 9.86. The van der Waals surface area contributed by atoms with Crippen LogP contribution in [0.2, 0.25) is 0 Å². The van der Waals surface area contributed by atoms with E-state index in [1.54, 1.807) is 6.07 Å². The summed E-state index contributed by atoms with van der Waals surface area (Å²) in [5.41, 5.74) is -0.542. The molecule has 0 unspecified atom stereocenters. The first-order chi connectivity index (χ1) is 13.0. The average Bonchev–Trinajstić information content (AvgIpc) is 2.59. The Bertz CT molecular complexity index is 1020. The van der Waals surface area contributed by atoms with Gasteiger partial charge in [-0.25, -0.2) is 12.8 Å². The van der Waals surface area contributed by atoms with Crippen LogP contribution in [0.3, 0.4) is 0 Å². The molecule has 0 fully saturated rings. The fourth-order valence-electron chi connectivity index (χ4n) is 2.41. The lowest BCUT2D eigenvalue weighted by atomic mass is 10.1. The largest absolute Gasteiger partial charge is 0.352 e. The second kappa shape index (κ2) is 8.34. The van der Waals surface area contributed by atoms with Gasteiger partial charge in [0.05, 0.1) is 16.2 Å². The zero-order chi connectivity index (χ0) is 21.1. The monoisotopic (exact) mass is 409 g/mol. The highest BCUT2D eigenvalue weighted by atomic mass is 32.2. The first kappa shape index (κ1) is 21.3. The van der Waals surface area contributed by atoms with Crippen LogP contribution in [-0.4, -0.2) is 25.8 Å². The molecular formula is C18H20FN3O5S. The van der Waals surface area contributed by atoms with Crippen LogP contribution in [0.1, 0.15) is 29.8 Å². The van der Waals surface area contributed by atoms with Crippen molar-refractivity contribution in [3.05, 3.63) is 63.5 Å². The van der Waals surface area contributed by atoms with E-state index in [1.807, 2.05) is 13.8 Å². The third-order valence-electron chi connectivity index (χ3n) is 3.82. The van der Waals surface area contributed by atoms with Gasteiger partial charge >= 0.3 is 0 Å². The van der Waals surface area contributed by atoms with Crippen molar-refractivity contribution in [1.29, 1.82) is 0 Å². The Kier molecular flexibility index (Phi) is 6.34. The molecule has 0 aliphatic rings. The van der Waals surface area contributed by atoms with Crippen molar-refractivity contribution < 1.29 is 22.5 Å². The highest BCUT2D eigenvalue weighted by Crippen LogP contribution is 2.27.